The van der Waals surface area contributed by atoms with Crippen LogP contribution >= 0.6 is 0 Å². The van der Waals surface area contributed by atoms with Crippen molar-refractivity contribution in [3.63, 3.8) is 0 Å². The van der Waals surface area contributed by atoms with Gasteiger partial charge in [-0.2, -0.15) is 0 Å². The zero-order valence-electron chi connectivity index (χ0n) is 17.7. The zero-order chi connectivity index (χ0) is 21.8. The lowest BCUT2D eigenvalue weighted by atomic mass is 10.2. The van der Waals surface area contributed by atoms with Crippen molar-refractivity contribution in [3.05, 3.63) is 36.0 Å². The molecule has 9 nitrogen and oxygen atoms in total. The van der Waals surface area contributed by atoms with Crippen LogP contribution in [0.3, 0.4) is 0 Å². The van der Waals surface area contributed by atoms with E-state index in [1.54, 1.807) is 0 Å². The number of nitrogens with one attached hydrogen (secondary N) is 2. The smallest absolute Gasteiger partial charge is 0.305 e. The first-order valence-electron chi connectivity index (χ1n) is 10.1. The third-order valence-electron chi connectivity index (χ3n) is 4.64. The summed E-state index contributed by atoms with van der Waals surface area (Å²) in [5, 5.41) is 14.5. The maximum atomic E-state index is 12.2. The predicted octanol–water partition coefficient (Wildman–Crippen LogP) is 1.22. The fourth-order valence-electron chi connectivity index (χ4n) is 3.03. The second-order valence-electron chi connectivity index (χ2n) is 6.89. The molecule has 0 spiro atoms. The number of carbonyl (C=O) groups excluding carboxylic acids is 1. The highest BCUT2D eigenvalue weighted by atomic mass is 16.5. The van der Waals surface area contributed by atoms with Crippen molar-refractivity contribution in [2.24, 2.45) is 0 Å². The van der Waals surface area contributed by atoms with Crippen LogP contribution in [0.5, 0.6) is 0 Å². The molecular formula is C21H32N4O5. The van der Waals surface area contributed by atoms with Crippen LogP contribution in [0.25, 0.3) is 10.9 Å². The number of para-hydroxylation sites is 1. The van der Waals surface area contributed by atoms with Crippen LogP contribution in [0, 0.1) is 0 Å². The second-order valence-corrected chi connectivity index (χ2v) is 6.89. The van der Waals surface area contributed by atoms with Gasteiger partial charge in [-0.05, 0) is 24.6 Å². The maximum Gasteiger partial charge on any atom is 0.305 e. The van der Waals surface area contributed by atoms with E-state index in [1.165, 1.54) is 0 Å². The fraction of sp³-hybridized carbons (Fsp3) is 0.524. The third-order valence-corrected chi connectivity index (χ3v) is 4.64. The Bertz CT molecular complexity index is 808. The number of hydrazine groups is 1. The van der Waals surface area contributed by atoms with Gasteiger partial charge in [-0.1, -0.05) is 18.2 Å². The van der Waals surface area contributed by atoms with Gasteiger partial charge in [0.05, 0.1) is 39.4 Å². The summed E-state index contributed by atoms with van der Waals surface area (Å²) < 4.78 is 12.7. The monoisotopic (exact) mass is 420 g/mol. The lowest BCUT2D eigenvalue weighted by Gasteiger charge is -2.17. The third kappa shape index (κ3) is 8.11. The fourth-order valence-corrected chi connectivity index (χ4v) is 3.03. The maximum absolute atomic E-state index is 12.2. The van der Waals surface area contributed by atoms with E-state index in [1.807, 2.05) is 31.2 Å². The van der Waals surface area contributed by atoms with Crippen LogP contribution in [-0.4, -0.2) is 73.6 Å². The molecule has 0 radical (unpaired) electrons. The van der Waals surface area contributed by atoms with Gasteiger partial charge in [-0.25, -0.2) is 5.01 Å². The van der Waals surface area contributed by atoms with Crippen LogP contribution < -0.4 is 10.7 Å². The van der Waals surface area contributed by atoms with E-state index >= 15 is 0 Å². The highest BCUT2D eigenvalue weighted by Crippen LogP contribution is 2.21. The number of fused-ring (bicyclic) bond motifs is 1. The van der Waals surface area contributed by atoms with Crippen molar-refractivity contribution >= 4 is 22.8 Å². The molecule has 30 heavy (non-hydrogen) atoms. The minimum absolute atomic E-state index is 0.0142. The van der Waals surface area contributed by atoms with Crippen molar-refractivity contribution in [3.8, 4) is 0 Å². The predicted molar refractivity (Wildman–Crippen MR) is 114 cm³/mol. The first-order chi connectivity index (χ1) is 14.5. The molecule has 0 saturated heterocycles. The van der Waals surface area contributed by atoms with E-state index in [9.17, 15) is 9.59 Å². The zero-order valence-corrected chi connectivity index (χ0v) is 17.7. The molecule has 0 bridgehead atoms. The average molecular weight is 421 g/mol. The largest absolute Gasteiger partial charge is 0.481 e. The van der Waals surface area contributed by atoms with E-state index in [0.29, 0.717) is 39.3 Å². The van der Waals surface area contributed by atoms with Crippen LogP contribution in [0.4, 0.5) is 0 Å². The SMILES string of the molecule is CNN(C)Cc1cc2ccccc2n1CCC(=O)NCCOCCOCCC(=O)O. The topological polar surface area (TPSA) is 105 Å². The van der Waals surface area contributed by atoms with E-state index in [2.05, 4.69) is 33.5 Å². The molecule has 166 valence electrons. The number of rotatable bonds is 15. The Morgan fingerprint density at radius 1 is 1.10 bits per heavy atom. The Labute approximate surface area is 176 Å². The number of carboxylic acids is 1. The average Bonchev–Trinajstić information content (AvgIpc) is 3.07. The molecule has 0 unspecified atom stereocenters. The van der Waals surface area contributed by atoms with Crippen molar-refractivity contribution in [2.45, 2.75) is 25.9 Å². The minimum atomic E-state index is -0.882. The van der Waals surface area contributed by atoms with Gasteiger partial charge < -0.3 is 24.5 Å². The summed E-state index contributed by atoms with van der Waals surface area (Å²) in [7, 11) is 3.86. The van der Waals surface area contributed by atoms with E-state index in [-0.39, 0.29) is 18.9 Å². The van der Waals surface area contributed by atoms with Gasteiger partial charge in [-0.3, -0.25) is 15.0 Å². The first kappa shape index (κ1) is 23.8. The lowest BCUT2D eigenvalue weighted by Crippen LogP contribution is -2.31. The minimum Gasteiger partial charge on any atom is -0.481 e. The molecule has 1 amide bonds. The molecule has 1 aromatic carbocycles. The molecule has 2 rings (SSSR count). The molecular weight excluding hydrogens is 388 g/mol. The summed E-state index contributed by atoms with van der Waals surface area (Å²) in [6.45, 7) is 3.03. The van der Waals surface area contributed by atoms with E-state index in [0.717, 1.165) is 23.1 Å². The van der Waals surface area contributed by atoms with Crippen molar-refractivity contribution in [1.82, 2.24) is 20.3 Å². The number of hydrogen-bond donors (Lipinski definition) is 3. The van der Waals surface area contributed by atoms with Gasteiger partial charge in [0.2, 0.25) is 5.91 Å². The molecule has 3 N–H and O–H groups in total. The number of amides is 1. The molecule has 0 saturated carbocycles. The number of aliphatic carboxylic acids is 1. The molecule has 1 aromatic heterocycles. The number of aryl methyl sites for hydroxylation is 1. The normalized spacial score (nSPS) is 11.3. The highest BCUT2D eigenvalue weighted by Gasteiger charge is 2.11. The van der Waals surface area contributed by atoms with E-state index in [4.69, 9.17) is 14.6 Å². The van der Waals surface area contributed by atoms with Gasteiger partial charge in [-0.15, -0.1) is 0 Å². The molecule has 0 fully saturated rings. The lowest BCUT2D eigenvalue weighted by molar-refractivity contribution is -0.138. The number of hydrogen-bond acceptors (Lipinski definition) is 6. The Kier molecular flexibility index (Phi) is 10.3. The summed E-state index contributed by atoms with van der Waals surface area (Å²) in [4.78, 5) is 22.6. The standard InChI is InChI=1S/C21H32N4O5/c1-22-24(2)16-18-15-17-5-3-4-6-19(17)25(18)10-7-20(26)23-9-12-30-14-13-29-11-8-21(27)28/h3-6,15,22H,7-14,16H2,1-2H3,(H,23,26)(H,27,28). The van der Waals surface area contributed by atoms with Gasteiger partial charge in [0.25, 0.3) is 0 Å². The highest BCUT2D eigenvalue weighted by molar-refractivity contribution is 5.82. The summed E-state index contributed by atoms with van der Waals surface area (Å²) in [5.74, 6) is -0.908. The molecule has 0 atom stereocenters. The van der Waals surface area contributed by atoms with Gasteiger partial charge in [0.15, 0.2) is 0 Å². The number of nitrogens with zero attached hydrogens (tertiary/aromatic N) is 2. The van der Waals surface area contributed by atoms with Gasteiger partial charge >= 0.3 is 5.97 Å². The summed E-state index contributed by atoms with van der Waals surface area (Å²) in [5.41, 5.74) is 5.37. The van der Waals surface area contributed by atoms with E-state index < -0.39 is 5.97 Å². The van der Waals surface area contributed by atoms with Crippen LogP contribution in [0.1, 0.15) is 18.5 Å². The van der Waals surface area contributed by atoms with Gasteiger partial charge in [0.1, 0.15) is 0 Å². The van der Waals surface area contributed by atoms with Gasteiger partial charge in [0, 0.05) is 37.8 Å². The first-order valence-corrected chi connectivity index (χ1v) is 10.1. The van der Waals surface area contributed by atoms with Crippen LogP contribution in [0.2, 0.25) is 0 Å². The number of benzene rings is 1. The Hall–Kier alpha value is -2.46. The summed E-state index contributed by atoms with van der Waals surface area (Å²) in [6.07, 6.45) is 0.368. The number of ether oxygens (including phenoxy) is 2. The molecule has 1 heterocycles. The number of aromatic nitrogens is 1. The summed E-state index contributed by atoms with van der Waals surface area (Å²) in [6, 6.07) is 10.3. The van der Waals surface area contributed by atoms with Crippen LogP contribution in [-0.2, 0) is 32.2 Å². The Morgan fingerprint density at radius 3 is 2.57 bits per heavy atom. The Morgan fingerprint density at radius 2 is 1.83 bits per heavy atom. The number of carbonyl (C=O) groups is 2. The van der Waals surface area contributed by atoms with Crippen molar-refractivity contribution < 1.29 is 24.2 Å². The van der Waals surface area contributed by atoms with Crippen molar-refractivity contribution in [1.29, 1.82) is 0 Å². The quantitative estimate of drug-likeness (QED) is 0.294. The molecule has 0 aliphatic carbocycles. The molecule has 0 aliphatic heterocycles. The second kappa shape index (κ2) is 13.0. The molecule has 9 heteroatoms. The molecule has 2 aromatic rings. The molecule has 0 aliphatic rings. The number of carboxylic acid groups (broad SMARTS) is 1. The van der Waals surface area contributed by atoms with Crippen molar-refractivity contribution in [2.75, 3.05) is 47.1 Å². The Balaban J connectivity index is 1.71. The summed E-state index contributed by atoms with van der Waals surface area (Å²) >= 11 is 0. The van der Waals surface area contributed by atoms with Crippen LogP contribution in [0.15, 0.2) is 30.3 Å².